The average Bonchev–Trinajstić information content (AvgIpc) is 2.79. The fourth-order valence-electron chi connectivity index (χ4n) is 1.95. The van der Waals surface area contributed by atoms with Crippen molar-refractivity contribution in [2.24, 2.45) is 0 Å². The third kappa shape index (κ3) is 2.91. The molecule has 1 unspecified atom stereocenters. The van der Waals surface area contributed by atoms with Crippen LogP contribution in [-0.4, -0.2) is 43.9 Å². The van der Waals surface area contributed by atoms with E-state index in [1.54, 1.807) is 10.4 Å². The van der Waals surface area contributed by atoms with Crippen molar-refractivity contribution < 1.29 is 8.42 Å². The topological polar surface area (TPSA) is 49.4 Å². The molecule has 1 saturated heterocycles. The van der Waals surface area contributed by atoms with Crippen LogP contribution in [0.5, 0.6) is 0 Å². The molecule has 0 aliphatic carbocycles. The van der Waals surface area contributed by atoms with E-state index in [9.17, 15) is 8.42 Å². The second-order valence-electron chi connectivity index (χ2n) is 4.29. The van der Waals surface area contributed by atoms with Crippen molar-refractivity contribution >= 4 is 33.1 Å². The average molecular weight is 306 g/mol. The molecule has 0 saturated carbocycles. The summed E-state index contributed by atoms with van der Waals surface area (Å²) in [5.74, 6) is 1.77. The van der Waals surface area contributed by atoms with Crippen LogP contribution < -0.4 is 5.32 Å². The predicted molar refractivity (Wildman–Crippen MR) is 77.8 cm³/mol. The van der Waals surface area contributed by atoms with Crippen LogP contribution >= 0.6 is 23.1 Å². The van der Waals surface area contributed by atoms with Crippen molar-refractivity contribution in [1.29, 1.82) is 0 Å². The van der Waals surface area contributed by atoms with Gasteiger partial charge in [0.25, 0.3) is 10.0 Å². The van der Waals surface area contributed by atoms with E-state index in [-0.39, 0.29) is 6.04 Å². The highest BCUT2D eigenvalue weighted by molar-refractivity contribution is 7.99. The monoisotopic (exact) mass is 306 g/mol. The van der Waals surface area contributed by atoms with Crippen molar-refractivity contribution in [2.75, 3.05) is 25.1 Å². The molecule has 0 radical (unpaired) electrons. The summed E-state index contributed by atoms with van der Waals surface area (Å²) in [5.41, 5.74) is 0. The molecule has 7 heteroatoms. The molecule has 102 valence electrons. The normalized spacial score (nSPS) is 22.2. The summed E-state index contributed by atoms with van der Waals surface area (Å²) in [6.45, 7) is 3.31. The number of rotatable bonds is 4. The standard InChI is InChI=1S/C11H18N2O2S3/c1-9-8-16-6-5-13(9)18(14,15)11-4-3-10(17-11)7-12-2/h3-4,9,12H,5-8H2,1-2H3. The van der Waals surface area contributed by atoms with Gasteiger partial charge in [-0.15, -0.1) is 11.3 Å². The molecule has 1 aromatic rings. The minimum absolute atomic E-state index is 0.0867. The first-order valence-corrected chi connectivity index (χ1v) is 9.29. The Hall–Kier alpha value is -0.0800. The van der Waals surface area contributed by atoms with Gasteiger partial charge >= 0.3 is 0 Å². The third-order valence-electron chi connectivity index (χ3n) is 2.86. The maximum absolute atomic E-state index is 12.5. The Morgan fingerprint density at radius 1 is 1.50 bits per heavy atom. The summed E-state index contributed by atoms with van der Waals surface area (Å²) in [5, 5.41) is 3.04. The first-order valence-electron chi connectivity index (χ1n) is 5.88. The van der Waals surface area contributed by atoms with Gasteiger partial charge in [0.1, 0.15) is 4.21 Å². The molecule has 4 nitrogen and oxygen atoms in total. The van der Waals surface area contributed by atoms with Crippen LogP contribution in [0.3, 0.4) is 0 Å². The quantitative estimate of drug-likeness (QED) is 0.918. The SMILES string of the molecule is CNCc1ccc(S(=O)(=O)N2CCSCC2C)s1. The highest BCUT2D eigenvalue weighted by Gasteiger charge is 2.32. The van der Waals surface area contributed by atoms with Gasteiger partial charge in [-0.1, -0.05) is 0 Å². The Morgan fingerprint density at radius 3 is 2.94 bits per heavy atom. The van der Waals surface area contributed by atoms with Crippen LogP contribution in [0.15, 0.2) is 16.3 Å². The summed E-state index contributed by atoms with van der Waals surface area (Å²) >= 11 is 3.18. The lowest BCUT2D eigenvalue weighted by Crippen LogP contribution is -2.44. The molecule has 1 atom stereocenters. The van der Waals surface area contributed by atoms with Crippen LogP contribution in [0.25, 0.3) is 0 Å². The number of nitrogens with one attached hydrogen (secondary N) is 1. The third-order valence-corrected chi connectivity index (χ3v) is 7.61. The van der Waals surface area contributed by atoms with E-state index in [2.05, 4.69) is 5.32 Å². The van der Waals surface area contributed by atoms with Gasteiger partial charge in [-0.3, -0.25) is 0 Å². The van der Waals surface area contributed by atoms with Crippen molar-refractivity contribution in [3.05, 3.63) is 17.0 Å². The molecule has 2 rings (SSSR count). The maximum Gasteiger partial charge on any atom is 0.252 e. The Bertz CT molecular complexity index is 498. The number of hydrogen-bond acceptors (Lipinski definition) is 5. The molecular weight excluding hydrogens is 288 g/mol. The van der Waals surface area contributed by atoms with E-state index in [4.69, 9.17) is 0 Å². The van der Waals surface area contributed by atoms with E-state index in [0.717, 1.165) is 16.4 Å². The molecule has 1 N–H and O–H groups in total. The number of thioether (sulfide) groups is 1. The molecule has 1 aromatic heterocycles. The van der Waals surface area contributed by atoms with Crippen LogP contribution in [-0.2, 0) is 16.6 Å². The van der Waals surface area contributed by atoms with Crippen molar-refractivity contribution in [3.8, 4) is 0 Å². The fraction of sp³-hybridized carbons (Fsp3) is 0.636. The van der Waals surface area contributed by atoms with Gasteiger partial charge in [0.05, 0.1) is 0 Å². The molecular formula is C11H18N2O2S3. The van der Waals surface area contributed by atoms with E-state index in [1.165, 1.54) is 11.3 Å². The first kappa shape index (κ1) is 14.3. The lowest BCUT2D eigenvalue weighted by Gasteiger charge is -2.31. The van der Waals surface area contributed by atoms with Gasteiger partial charge in [-0.2, -0.15) is 16.1 Å². The molecule has 0 spiro atoms. The van der Waals surface area contributed by atoms with Crippen LogP contribution in [0.1, 0.15) is 11.8 Å². The van der Waals surface area contributed by atoms with Crippen molar-refractivity contribution in [2.45, 2.75) is 23.7 Å². The minimum Gasteiger partial charge on any atom is -0.315 e. The second-order valence-corrected chi connectivity index (χ2v) is 8.73. The van der Waals surface area contributed by atoms with E-state index in [1.807, 2.05) is 31.8 Å². The van der Waals surface area contributed by atoms with Gasteiger partial charge in [-0.05, 0) is 26.1 Å². The summed E-state index contributed by atoms with van der Waals surface area (Å²) in [7, 11) is -1.44. The summed E-state index contributed by atoms with van der Waals surface area (Å²) in [6.07, 6.45) is 0. The zero-order valence-electron chi connectivity index (χ0n) is 10.5. The molecule has 2 heterocycles. The van der Waals surface area contributed by atoms with Crippen LogP contribution in [0, 0.1) is 0 Å². The second kappa shape index (κ2) is 5.92. The maximum atomic E-state index is 12.5. The number of nitrogens with zero attached hydrogens (tertiary/aromatic N) is 1. The fourth-order valence-corrected chi connectivity index (χ4v) is 6.30. The molecule has 18 heavy (non-hydrogen) atoms. The number of hydrogen-bond donors (Lipinski definition) is 1. The Morgan fingerprint density at radius 2 is 2.28 bits per heavy atom. The summed E-state index contributed by atoms with van der Waals surface area (Å²) in [4.78, 5) is 1.05. The first-order chi connectivity index (χ1) is 8.55. The smallest absolute Gasteiger partial charge is 0.252 e. The lowest BCUT2D eigenvalue weighted by molar-refractivity contribution is 0.368. The van der Waals surface area contributed by atoms with Crippen LogP contribution in [0.2, 0.25) is 0 Å². The highest BCUT2D eigenvalue weighted by Crippen LogP contribution is 2.29. The Kier molecular flexibility index (Phi) is 4.71. The van der Waals surface area contributed by atoms with Gasteiger partial charge in [0, 0.05) is 35.5 Å². The van der Waals surface area contributed by atoms with Gasteiger partial charge < -0.3 is 5.32 Å². The molecule has 1 fully saturated rings. The van der Waals surface area contributed by atoms with E-state index < -0.39 is 10.0 Å². The summed E-state index contributed by atoms with van der Waals surface area (Å²) in [6, 6.07) is 3.70. The van der Waals surface area contributed by atoms with Crippen LogP contribution in [0.4, 0.5) is 0 Å². The predicted octanol–water partition coefficient (Wildman–Crippen LogP) is 1.59. The zero-order valence-corrected chi connectivity index (χ0v) is 13.0. The van der Waals surface area contributed by atoms with Gasteiger partial charge in [0.15, 0.2) is 0 Å². The Balaban J connectivity index is 2.23. The molecule has 0 bridgehead atoms. The van der Waals surface area contributed by atoms with Gasteiger partial charge in [-0.25, -0.2) is 8.42 Å². The zero-order chi connectivity index (χ0) is 13.2. The van der Waals surface area contributed by atoms with E-state index >= 15 is 0 Å². The molecule has 1 aliphatic heterocycles. The lowest BCUT2D eigenvalue weighted by atomic mass is 10.4. The largest absolute Gasteiger partial charge is 0.315 e. The number of thiophene rings is 1. The summed E-state index contributed by atoms with van der Waals surface area (Å²) < 4.78 is 27.1. The Labute approximate surface area is 117 Å². The van der Waals surface area contributed by atoms with Crippen molar-refractivity contribution in [3.63, 3.8) is 0 Å². The molecule has 1 aliphatic rings. The highest BCUT2D eigenvalue weighted by atomic mass is 32.2. The minimum atomic E-state index is -3.30. The molecule has 0 amide bonds. The van der Waals surface area contributed by atoms with Gasteiger partial charge in [0.2, 0.25) is 0 Å². The van der Waals surface area contributed by atoms with E-state index in [0.29, 0.717) is 17.3 Å². The molecule has 0 aromatic carbocycles. The number of sulfonamides is 1. The van der Waals surface area contributed by atoms with Crippen molar-refractivity contribution in [1.82, 2.24) is 9.62 Å².